The molecule has 3 rings (SSSR count). The van der Waals surface area contributed by atoms with Gasteiger partial charge in [0.25, 0.3) is 0 Å². The molecule has 1 fully saturated rings. The van der Waals surface area contributed by atoms with Gasteiger partial charge in [-0.3, -0.25) is 0 Å². The Morgan fingerprint density at radius 2 is 2.04 bits per heavy atom. The molecule has 0 saturated carbocycles. The summed E-state index contributed by atoms with van der Waals surface area (Å²) in [5.41, 5.74) is 0.706. The molecule has 0 amide bonds. The van der Waals surface area contributed by atoms with Crippen molar-refractivity contribution in [1.29, 1.82) is 0 Å². The van der Waals surface area contributed by atoms with Crippen molar-refractivity contribution in [3.05, 3.63) is 47.1 Å². The first-order valence-electron chi connectivity index (χ1n) is 8.22. The topological polar surface area (TPSA) is 81.6 Å². The summed E-state index contributed by atoms with van der Waals surface area (Å²) in [6.07, 6.45) is 2.77. The summed E-state index contributed by atoms with van der Waals surface area (Å²) in [5.74, 6) is 0.317. The van der Waals surface area contributed by atoms with Gasteiger partial charge in [0.15, 0.2) is 0 Å². The highest BCUT2D eigenvalue weighted by Crippen LogP contribution is 2.22. The summed E-state index contributed by atoms with van der Waals surface area (Å²) >= 11 is 5.85. The van der Waals surface area contributed by atoms with Gasteiger partial charge in [0.2, 0.25) is 15.9 Å². The minimum atomic E-state index is -3.43. The van der Waals surface area contributed by atoms with Crippen LogP contribution in [0.3, 0.4) is 0 Å². The fourth-order valence-corrected chi connectivity index (χ4v) is 4.52. The second-order valence-corrected chi connectivity index (χ2v) is 8.41. The lowest BCUT2D eigenvalue weighted by Gasteiger charge is -2.31. The van der Waals surface area contributed by atoms with Gasteiger partial charge in [0, 0.05) is 23.8 Å². The molecule has 0 spiro atoms. The van der Waals surface area contributed by atoms with E-state index in [-0.39, 0.29) is 17.9 Å². The molecule has 1 unspecified atom stereocenters. The van der Waals surface area contributed by atoms with Gasteiger partial charge < -0.3 is 9.47 Å². The molecule has 2 aromatic rings. The van der Waals surface area contributed by atoms with Crippen LogP contribution < -0.4 is 9.47 Å². The van der Waals surface area contributed by atoms with Gasteiger partial charge in [0.05, 0.1) is 19.4 Å². The van der Waals surface area contributed by atoms with Gasteiger partial charge in [-0.15, -0.1) is 0 Å². The number of sulfonamides is 1. The molecular weight excluding hydrogens is 378 g/mol. The third-order valence-corrected chi connectivity index (χ3v) is 6.14. The van der Waals surface area contributed by atoms with Gasteiger partial charge in [0.1, 0.15) is 6.10 Å². The van der Waals surface area contributed by atoms with E-state index < -0.39 is 10.0 Å². The molecule has 140 valence electrons. The lowest BCUT2D eigenvalue weighted by molar-refractivity contribution is 0.123. The van der Waals surface area contributed by atoms with Crippen LogP contribution in [0.2, 0.25) is 5.02 Å². The van der Waals surface area contributed by atoms with E-state index in [2.05, 4.69) is 9.97 Å². The van der Waals surface area contributed by atoms with Gasteiger partial charge in [-0.25, -0.2) is 13.4 Å². The van der Waals surface area contributed by atoms with E-state index in [9.17, 15) is 8.42 Å². The number of nitrogens with zero attached hydrogens (tertiary/aromatic N) is 3. The fourth-order valence-electron chi connectivity index (χ4n) is 2.80. The fraction of sp³-hybridized carbons (Fsp3) is 0.412. The van der Waals surface area contributed by atoms with E-state index in [0.717, 1.165) is 12.8 Å². The number of hydrogen-bond donors (Lipinski definition) is 0. The maximum absolute atomic E-state index is 12.7. The van der Waals surface area contributed by atoms with Crippen molar-refractivity contribution >= 4 is 21.6 Å². The normalized spacial score (nSPS) is 18.5. The SMILES string of the molecule is COc1nccc(OC2CCCN(S(=O)(=O)Cc3ccc(Cl)cc3)C2)n1. The van der Waals surface area contributed by atoms with Crippen molar-refractivity contribution in [3.63, 3.8) is 0 Å². The van der Waals surface area contributed by atoms with E-state index in [1.807, 2.05) is 0 Å². The van der Waals surface area contributed by atoms with Crippen LogP contribution in [0.5, 0.6) is 11.9 Å². The van der Waals surface area contributed by atoms with Crippen molar-refractivity contribution in [3.8, 4) is 11.9 Å². The average Bonchev–Trinajstić information content (AvgIpc) is 2.64. The molecule has 0 bridgehead atoms. The summed E-state index contributed by atoms with van der Waals surface area (Å²) in [6, 6.07) is 8.68. The molecule has 1 saturated heterocycles. The molecule has 0 aliphatic carbocycles. The van der Waals surface area contributed by atoms with E-state index >= 15 is 0 Å². The molecule has 0 radical (unpaired) electrons. The maximum Gasteiger partial charge on any atom is 0.319 e. The molecule has 1 atom stereocenters. The lowest BCUT2D eigenvalue weighted by atomic mass is 10.1. The van der Waals surface area contributed by atoms with Crippen LogP contribution in [0, 0.1) is 0 Å². The van der Waals surface area contributed by atoms with Crippen LogP contribution in [0.4, 0.5) is 0 Å². The number of methoxy groups -OCH3 is 1. The molecule has 1 aliphatic heterocycles. The van der Waals surface area contributed by atoms with Gasteiger partial charge in [-0.05, 0) is 30.5 Å². The predicted molar refractivity (Wildman–Crippen MR) is 97.9 cm³/mol. The summed E-state index contributed by atoms with van der Waals surface area (Å²) in [7, 11) is -1.96. The van der Waals surface area contributed by atoms with Gasteiger partial charge >= 0.3 is 6.01 Å². The minimum absolute atomic E-state index is 0.0573. The Kier molecular flexibility index (Phi) is 5.95. The summed E-state index contributed by atoms with van der Waals surface area (Å²) < 4.78 is 37.8. The van der Waals surface area contributed by atoms with Crippen LogP contribution in [-0.2, 0) is 15.8 Å². The van der Waals surface area contributed by atoms with Crippen LogP contribution in [0.1, 0.15) is 18.4 Å². The third-order valence-electron chi connectivity index (χ3n) is 4.07. The largest absolute Gasteiger partial charge is 0.473 e. The van der Waals surface area contributed by atoms with E-state index in [4.69, 9.17) is 21.1 Å². The second-order valence-electron chi connectivity index (χ2n) is 6.00. The summed E-state index contributed by atoms with van der Waals surface area (Å²) in [4.78, 5) is 8.04. The molecule has 26 heavy (non-hydrogen) atoms. The Morgan fingerprint density at radius 3 is 2.77 bits per heavy atom. The van der Waals surface area contributed by atoms with Gasteiger partial charge in [-0.1, -0.05) is 23.7 Å². The highest BCUT2D eigenvalue weighted by Gasteiger charge is 2.30. The molecule has 9 heteroatoms. The number of hydrogen-bond acceptors (Lipinski definition) is 6. The zero-order valence-corrected chi connectivity index (χ0v) is 15.9. The van der Waals surface area contributed by atoms with Crippen molar-refractivity contribution in [2.45, 2.75) is 24.7 Å². The Bertz CT molecular complexity index is 845. The first kappa shape index (κ1) is 18.9. The first-order chi connectivity index (χ1) is 12.5. The molecule has 1 aliphatic rings. The van der Waals surface area contributed by atoms with Crippen LogP contribution in [0.25, 0.3) is 0 Å². The van der Waals surface area contributed by atoms with E-state index in [0.29, 0.717) is 29.6 Å². The number of ether oxygens (including phenoxy) is 2. The molecule has 0 N–H and O–H groups in total. The van der Waals surface area contributed by atoms with Crippen molar-refractivity contribution in [2.24, 2.45) is 0 Å². The number of benzene rings is 1. The number of rotatable bonds is 6. The Labute approximate surface area is 158 Å². The second kappa shape index (κ2) is 8.20. The lowest BCUT2D eigenvalue weighted by Crippen LogP contribution is -2.44. The predicted octanol–water partition coefficient (Wildman–Crippen LogP) is 2.51. The highest BCUT2D eigenvalue weighted by atomic mass is 35.5. The molecule has 7 nitrogen and oxygen atoms in total. The molecular formula is C17H20ClN3O4S. The van der Waals surface area contributed by atoms with Crippen molar-refractivity contribution in [2.75, 3.05) is 20.2 Å². The van der Waals surface area contributed by atoms with E-state index in [1.54, 1.807) is 36.5 Å². The Hall–Kier alpha value is -1.90. The Balaban J connectivity index is 1.65. The smallest absolute Gasteiger partial charge is 0.319 e. The standard InChI is InChI=1S/C17H20ClN3O4S/c1-24-17-19-9-8-16(20-17)25-15-3-2-10-21(11-15)26(22,23)12-13-4-6-14(18)7-5-13/h4-9,15H,2-3,10-12H2,1H3. The summed E-state index contributed by atoms with van der Waals surface area (Å²) in [6.45, 7) is 0.783. The summed E-state index contributed by atoms with van der Waals surface area (Å²) in [5, 5.41) is 0.581. The number of piperidine rings is 1. The molecule has 2 heterocycles. The Morgan fingerprint density at radius 1 is 1.27 bits per heavy atom. The zero-order valence-electron chi connectivity index (χ0n) is 14.3. The molecule has 1 aromatic heterocycles. The highest BCUT2D eigenvalue weighted by molar-refractivity contribution is 7.88. The first-order valence-corrected chi connectivity index (χ1v) is 10.2. The quantitative estimate of drug-likeness (QED) is 0.744. The van der Waals surface area contributed by atoms with Crippen LogP contribution >= 0.6 is 11.6 Å². The van der Waals surface area contributed by atoms with Crippen LogP contribution in [0.15, 0.2) is 36.5 Å². The third kappa shape index (κ3) is 4.84. The maximum atomic E-state index is 12.7. The van der Waals surface area contributed by atoms with Crippen molar-refractivity contribution in [1.82, 2.24) is 14.3 Å². The number of aromatic nitrogens is 2. The zero-order chi connectivity index (χ0) is 18.6. The van der Waals surface area contributed by atoms with Crippen LogP contribution in [-0.4, -0.2) is 49.0 Å². The van der Waals surface area contributed by atoms with E-state index in [1.165, 1.54) is 11.4 Å². The average molecular weight is 398 g/mol. The monoisotopic (exact) mass is 397 g/mol. The minimum Gasteiger partial charge on any atom is -0.473 e. The molecule has 1 aromatic carbocycles. The van der Waals surface area contributed by atoms with Gasteiger partial charge in [-0.2, -0.15) is 9.29 Å². The number of halogens is 1. The van der Waals surface area contributed by atoms with Crippen molar-refractivity contribution < 1.29 is 17.9 Å².